The van der Waals surface area contributed by atoms with Crippen molar-refractivity contribution in [1.82, 2.24) is 4.90 Å². The molecule has 1 aliphatic carbocycles. The molecule has 0 atom stereocenters. The zero-order valence-electron chi connectivity index (χ0n) is 11.2. The summed E-state index contributed by atoms with van der Waals surface area (Å²) in [5.74, 6) is 0. The van der Waals surface area contributed by atoms with Crippen molar-refractivity contribution < 1.29 is 13.2 Å². The lowest BCUT2D eigenvalue weighted by Gasteiger charge is -2.31. The minimum absolute atomic E-state index is 0.573. The van der Waals surface area contributed by atoms with Crippen LogP contribution in [0.15, 0.2) is 24.3 Å². The van der Waals surface area contributed by atoms with E-state index >= 15 is 0 Å². The van der Waals surface area contributed by atoms with Crippen LogP contribution in [0.5, 0.6) is 0 Å². The van der Waals surface area contributed by atoms with E-state index in [1.807, 2.05) is 0 Å². The molecule has 1 aromatic rings. The molecule has 0 spiro atoms. The first-order valence-electron chi connectivity index (χ1n) is 6.83. The highest BCUT2D eigenvalue weighted by molar-refractivity contribution is 5.24. The lowest BCUT2D eigenvalue weighted by molar-refractivity contribution is -0.137. The van der Waals surface area contributed by atoms with Gasteiger partial charge in [-0.25, -0.2) is 0 Å². The number of hydrogen-bond donors (Lipinski definition) is 0. The monoisotopic (exact) mass is 271 g/mol. The summed E-state index contributed by atoms with van der Waals surface area (Å²) in [6.07, 6.45) is 2.01. The fourth-order valence-corrected chi connectivity index (χ4v) is 2.74. The molecule has 0 aromatic heterocycles. The smallest absolute Gasteiger partial charge is 0.299 e. The summed E-state index contributed by atoms with van der Waals surface area (Å²) < 4.78 is 37.4. The lowest BCUT2D eigenvalue weighted by atomic mass is 9.94. The number of nitrogens with zero attached hydrogens (tertiary/aromatic N) is 1. The molecule has 1 fully saturated rings. The Morgan fingerprint density at radius 2 is 1.63 bits per heavy atom. The van der Waals surface area contributed by atoms with Crippen LogP contribution in [0.2, 0.25) is 0 Å². The van der Waals surface area contributed by atoms with E-state index in [1.54, 1.807) is 12.1 Å². The largest absolute Gasteiger partial charge is 0.416 e. The van der Waals surface area contributed by atoms with Gasteiger partial charge in [-0.15, -0.1) is 0 Å². The van der Waals surface area contributed by atoms with E-state index in [2.05, 4.69) is 11.9 Å². The normalized spacial score (nSPS) is 17.9. The van der Waals surface area contributed by atoms with E-state index < -0.39 is 11.7 Å². The molecular formula is C15H20F3N. The fourth-order valence-electron chi connectivity index (χ4n) is 2.74. The summed E-state index contributed by atoms with van der Waals surface area (Å²) in [5, 5.41) is 0. The van der Waals surface area contributed by atoms with Gasteiger partial charge in [-0.05, 0) is 37.6 Å². The lowest BCUT2D eigenvalue weighted by Crippen LogP contribution is -2.32. The van der Waals surface area contributed by atoms with Crippen LogP contribution in [0.25, 0.3) is 0 Å². The van der Waals surface area contributed by atoms with Crippen molar-refractivity contribution in [2.24, 2.45) is 0 Å². The summed E-state index contributed by atoms with van der Waals surface area (Å²) >= 11 is 0. The van der Waals surface area contributed by atoms with Gasteiger partial charge in [0.2, 0.25) is 0 Å². The molecule has 0 amide bonds. The fraction of sp³-hybridized carbons (Fsp3) is 0.600. The van der Waals surface area contributed by atoms with Crippen molar-refractivity contribution in [1.29, 1.82) is 0 Å². The molecule has 0 heterocycles. The Morgan fingerprint density at radius 1 is 1.05 bits per heavy atom. The number of alkyl halides is 3. The predicted octanol–water partition coefficient (Wildman–Crippen LogP) is 4.47. The highest BCUT2D eigenvalue weighted by Crippen LogP contribution is 2.29. The molecule has 0 radical (unpaired) electrons. The van der Waals surface area contributed by atoms with Gasteiger partial charge in [0.15, 0.2) is 0 Å². The maximum absolute atomic E-state index is 12.5. The first kappa shape index (κ1) is 14.4. The second kappa shape index (κ2) is 5.95. The Bertz CT molecular complexity index is 391. The highest BCUT2D eigenvalue weighted by Gasteiger charge is 2.30. The van der Waals surface area contributed by atoms with Gasteiger partial charge in [0.25, 0.3) is 0 Å². The average molecular weight is 271 g/mol. The number of halogens is 3. The van der Waals surface area contributed by atoms with E-state index in [1.165, 1.54) is 44.2 Å². The first-order valence-corrected chi connectivity index (χ1v) is 6.83. The van der Waals surface area contributed by atoms with Crippen molar-refractivity contribution in [2.45, 2.75) is 50.9 Å². The minimum atomic E-state index is -4.24. The SMILES string of the molecule is CN(Cc1ccc(C(F)(F)F)cc1)C1CCCCC1. The molecule has 0 unspecified atom stereocenters. The van der Waals surface area contributed by atoms with Crippen LogP contribution in [0.3, 0.4) is 0 Å². The number of benzene rings is 1. The average Bonchev–Trinajstić information content (AvgIpc) is 2.39. The zero-order valence-corrected chi connectivity index (χ0v) is 11.2. The van der Waals surface area contributed by atoms with E-state index in [4.69, 9.17) is 0 Å². The van der Waals surface area contributed by atoms with Crippen LogP contribution in [-0.2, 0) is 12.7 Å². The number of rotatable bonds is 3. The van der Waals surface area contributed by atoms with Gasteiger partial charge < -0.3 is 0 Å². The molecule has 19 heavy (non-hydrogen) atoms. The summed E-state index contributed by atoms with van der Waals surface area (Å²) in [6, 6.07) is 6.09. The molecule has 1 nitrogen and oxygen atoms in total. The second-order valence-electron chi connectivity index (χ2n) is 5.40. The number of hydrogen-bond acceptors (Lipinski definition) is 1. The maximum Gasteiger partial charge on any atom is 0.416 e. The van der Waals surface area contributed by atoms with Crippen molar-refractivity contribution in [2.75, 3.05) is 7.05 Å². The standard InChI is InChI=1S/C15H20F3N/c1-19(14-5-3-2-4-6-14)11-12-7-9-13(10-8-12)15(16,17)18/h7-10,14H,2-6,11H2,1H3. The van der Waals surface area contributed by atoms with Gasteiger partial charge in [-0.2, -0.15) is 13.2 Å². The van der Waals surface area contributed by atoms with Crippen molar-refractivity contribution in [3.05, 3.63) is 35.4 Å². The first-order chi connectivity index (χ1) is 8.97. The van der Waals surface area contributed by atoms with Crippen molar-refractivity contribution in [3.8, 4) is 0 Å². The molecular weight excluding hydrogens is 251 g/mol. The van der Waals surface area contributed by atoms with Crippen molar-refractivity contribution in [3.63, 3.8) is 0 Å². The molecule has 0 bridgehead atoms. The Kier molecular flexibility index (Phi) is 4.50. The predicted molar refractivity (Wildman–Crippen MR) is 69.8 cm³/mol. The van der Waals surface area contributed by atoms with Gasteiger partial charge in [-0.1, -0.05) is 31.4 Å². The Morgan fingerprint density at radius 3 is 2.16 bits per heavy atom. The van der Waals surface area contributed by atoms with Crippen LogP contribution in [-0.4, -0.2) is 18.0 Å². The molecule has 0 N–H and O–H groups in total. The van der Waals surface area contributed by atoms with Gasteiger partial charge >= 0.3 is 6.18 Å². The third-order valence-electron chi connectivity index (χ3n) is 3.91. The quantitative estimate of drug-likeness (QED) is 0.784. The second-order valence-corrected chi connectivity index (χ2v) is 5.40. The van der Waals surface area contributed by atoms with E-state index in [-0.39, 0.29) is 0 Å². The Hall–Kier alpha value is -1.03. The van der Waals surface area contributed by atoms with Gasteiger partial charge in [0.1, 0.15) is 0 Å². The van der Waals surface area contributed by atoms with Crippen LogP contribution >= 0.6 is 0 Å². The van der Waals surface area contributed by atoms with E-state index in [9.17, 15) is 13.2 Å². The van der Waals surface area contributed by atoms with Gasteiger partial charge in [-0.3, -0.25) is 4.90 Å². The van der Waals surface area contributed by atoms with Gasteiger partial charge in [0.05, 0.1) is 5.56 Å². The Balaban J connectivity index is 1.95. The highest BCUT2D eigenvalue weighted by atomic mass is 19.4. The van der Waals surface area contributed by atoms with Crippen molar-refractivity contribution >= 4 is 0 Å². The van der Waals surface area contributed by atoms with Crippen LogP contribution in [0, 0.1) is 0 Å². The van der Waals surface area contributed by atoms with Crippen LogP contribution in [0.1, 0.15) is 43.2 Å². The summed E-state index contributed by atoms with van der Waals surface area (Å²) in [7, 11) is 2.06. The van der Waals surface area contributed by atoms with Crippen LogP contribution in [0.4, 0.5) is 13.2 Å². The van der Waals surface area contributed by atoms with E-state index in [0.717, 1.165) is 12.1 Å². The third kappa shape index (κ3) is 3.96. The molecule has 0 saturated heterocycles. The molecule has 1 aliphatic rings. The maximum atomic E-state index is 12.5. The molecule has 4 heteroatoms. The zero-order chi connectivity index (χ0) is 13.9. The summed E-state index contributed by atoms with van der Waals surface area (Å²) in [6.45, 7) is 0.725. The molecule has 106 valence electrons. The molecule has 2 rings (SSSR count). The molecule has 0 aliphatic heterocycles. The molecule has 1 aromatic carbocycles. The van der Waals surface area contributed by atoms with E-state index in [0.29, 0.717) is 6.04 Å². The minimum Gasteiger partial charge on any atom is -0.299 e. The van der Waals surface area contributed by atoms with Crippen LogP contribution < -0.4 is 0 Å². The topological polar surface area (TPSA) is 3.24 Å². The Labute approximate surface area is 112 Å². The summed E-state index contributed by atoms with van der Waals surface area (Å²) in [5.41, 5.74) is 0.373. The summed E-state index contributed by atoms with van der Waals surface area (Å²) in [4.78, 5) is 2.27. The van der Waals surface area contributed by atoms with Gasteiger partial charge in [0, 0.05) is 12.6 Å². The third-order valence-corrected chi connectivity index (χ3v) is 3.91. The molecule has 1 saturated carbocycles.